The van der Waals surface area contributed by atoms with E-state index >= 15 is 0 Å². The molecule has 0 bridgehead atoms. The van der Waals surface area contributed by atoms with Gasteiger partial charge in [-0.15, -0.1) is 0 Å². The molecule has 0 amide bonds. The minimum atomic E-state index is 0.667. The van der Waals surface area contributed by atoms with Crippen molar-refractivity contribution in [2.45, 2.75) is 38.3 Å². The first-order valence-electron chi connectivity index (χ1n) is 4.61. The fourth-order valence-electron chi connectivity index (χ4n) is 1.80. The van der Waals surface area contributed by atoms with Crippen LogP contribution in [0, 0.1) is 0 Å². The van der Waals surface area contributed by atoms with Crippen LogP contribution in [0.15, 0.2) is 0 Å². The van der Waals surface area contributed by atoms with Crippen LogP contribution in [0.2, 0.25) is 0 Å². The van der Waals surface area contributed by atoms with Gasteiger partial charge in [-0.25, -0.2) is 0 Å². The first kappa shape index (κ1) is 9.01. The average Bonchev–Trinajstić information content (AvgIpc) is 2.37. The third-order valence-electron chi connectivity index (χ3n) is 2.79. The molecule has 1 aliphatic heterocycles. The highest BCUT2D eigenvalue weighted by molar-refractivity contribution is 4.79. The number of nitrogens with zero attached hydrogens (tertiary/aromatic N) is 1. The molecule has 11 heavy (non-hydrogen) atoms. The number of rotatable bonds is 3. The minimum Gasteiger partial charge on any atom is -0.317 e. The lowest BCUT2D eigenvalue weighted by atomic mass is 10.1. The van der Waals surface area contributed by atoms with Crippen LogP contribution in [0.1, 0.15) is 26.2 Å². The van der Waals surface area contributed by atoms with Crippen molar-refractivity contribution in [3.05, 3.63) is 0 Å². The van der Waals surface area contributed by atoms with Crippen molar-refractivity contribution in [2.24, 2.45) is 0 Å². The molecule has 0 aromatic carbocycles. The fraction of sp³-hybridized carbons (Fsp3) is 1.00. The number of likely N-dealkylation sites (tertiary alicyclic amines) is 1. The lowest BCUT2D eigenvalue weighted by Gasteiger charge is -2.22. The van der Waals surface area contributed by atoms with Crippen LogP contribution in [0.4, 0.5) is 0 Å². The predicted molar refractivity (Wildman–Crippen MR) is 48.8 cm³/mol. The van der Waals surface area contributed by atoms with Gasteiger partial charge in [-0.3, -0.25) is 0 Å². The van der Waals surface area contributed by atoms with Gasteiger partial charge in [0.15, 0.2) is 0 Å². The van der Waals surface area contributed by atoms with Crippen LogP contribution in [-0.4, -0.2) is 37.6 Å². The van der Waals surface area contributed by atoms with Gasteiger partial charge in [0.25, 0.3) is 0 Å². The van der Waals surface area contributed by atoms with Gasteiger partial charge >= 0.3 is 0 Å². The first-order valence-corrected chi connectivity index (χ1v) is 4.61. The summed E-state index contributed by atoms with van der Waals surface area (Å²) in [4.78, 5) is 2.48. The van der Waals surface area contributed by atoms with Gasteiger partial charge in [0, 0.05) is 12.1 Å². The van der Waals surface area contributed by atoms with Gasteiger partial charge in [0.05, 0.1) is 0 Å². The van der Waals surface area contributed by atoms with E-state index in [0.717, 1.165) is 6.04 Å². The lowest BCUT2D eigenvalue weighted by molar-refractivity contribution is 0.277. The van der Waals surface area contributed by atoms with Crippen LogP contribution in [0.25, 0.3) is 0 Å². The highest BCUT2D eigenvalue weighted by atomic mass is 15.1. The molecule has 1 fully saturated rings. The average molecular weight is 156 g/mol. The van der Waals surface area contributed by atoms with Gasteiger partial charge in [0.2, 0.25) is 0 Å². The summed E-state index contributed by atoms with van der Waals surface area (Å²) >= 11 is 0. The zero-order chi connectivity index (χ0) is 8.27. The minimum absolute atomic E-state index is 0.667. The van der Waals surface area contributed by atoms with Gasteiger partial charge in [-0.2, -0.15) is 0 Å². The molecule has 2 unspecified atom stereocenters. The Morgan fingerprint density at radius 1 is 1.64 bits per heavy atom. The van der Waals surface area contributed by atoms with Crippen LogP contribution in [0.3, 0.4) is 0 Å². The second-order valence-electron chi connectivity index (χ2n) is 3.70. The summed E-state index contributed by atoms with van der Waals surface area (Å²) in [5, 5.41) is 3.29. The summed E-state index contributed by atoms with van der Waals surface area (Å²) in [7, 11) is 4.28. The maximum Gasteiger partial charge on any atom is 0.0107 e. The molecule has 0 saturated carbocycles. The van der Waals surface area contributed by atoms with E-state index < -0.39 is 0 Å². The quantitative estimate of drug-likeness (QED) is 0.658. The van der Waals surface area contributed by atoms with Crippen molar-refractivity contribution in [1.29, 1.82) is 0 Å². The summed E-state index contributed by atoms with van der Waals surface area (Å²) < 4.78 is 0. The number of hydrogen-bond donors (Lipinski definition) is 1. The van der Waals surface area contributed by atoms with Gasteiger partial charge in [-0.1, -0.05) is 0 Å². The summed E-state index contributed by atoms with van der Waals surface area (Å²) in [5.74, 6) is 0. The second kappa shape index (κ2) is 4.07. The first-order chi connectivity index (χ1) is 5.24. The van der Waals surface area contributed by atoms with Crippen LogP contribution in [-0.2, 0) is 0 Å². The van der Waals surface area contributed by atoms with E-state index in [1.165, 1.54) is 25.8 Å². The normalized spacial score (nSPS) is 29.2. The zero-order valence-corrected chi connectivity index (χ0v) is 7.93. The molecule has 0 aromatic rings. The van der Waals surface area contributed by atoms with E-state index in [1.54, 1.807) is 0 Å². The fourth-order valence-corrected chi connectivity index (χ4v) is 1.80. The van der Waals surface area contributed by atoms with Crippen molar-refractivity contribution in [3.63, 3.8) is 0 Å². The molecule has 0 aromatic heterocycles. The van der Waals surface area contributed by atoms with Crippen molar-refractivity contribution in [1.82, 2.24) is 10.2 Å². The van der Waals surface area contributed by atoms with Gasteiger partial charge < -0.3 is 10.2 Å². The Bertz CT molecular complexity index is 114. The SMILES string of the molecule is CNC(C)CC1CCCN1C. The molecule has 2 nitrogen and oxygen atoms in total. The Labute approximate surface area is 70.0 Å². The molecule has 66 valence electrons. The molecule has 2 heteroatoms. The van der Waals surface area contributed by atoms with Crippen LogP contribution in [0.5, 0.6) is 0 Å². The number of hydrogen-bond acceptors (Lipinski definition) is 2. The summed E-state index contributed by atoms with van der Waals surface area (Å²) in [6, 6.07) is 1.50. The molecule has 1 N–H and O–H groups in total. The molecule has 1 heterocycles. The molecule has 2 atom stereocenters. The third-order valence-corrected chi connectivity index (χ3v) is 2.79. The molecular weight excluding hydrogens is 136 g/mol. The predicted octanol–water partition coefficient (Wildman–Crippen LogP) is 1.08. The Morgan fingerprint density at radius 2 is 2.36 bits per heavy atom. The molecule has 0 radical (unpaired) electrons. The van der Waals surface area contributed by atoms with Crippen molar-refractivity contribution < 1.29 is 0 Å². The van der Waals surface area contributed by atoms with E-state index in [9.17, 15) is 0 Å². The van der Waals surface area contributed by atoms with Crippen molar-refractivity contribution in [3.8, 4) is 0 Å². The highest BCUT2D eigenvalue weighted by Crippen LogP contribution is 2.18. The smallest absolute Gasteiger partial charge is 0.0107 e. The number of nitrogens with one attached hydrogen (secondary N) is 1. The molecule has 1 saturated heterocycles. The Kier molecular flexibility index (Phi) is 3.34. The Morgan fingerprint density at radius 3 is 2.82 bits per heavy atom. The van der Waals surface area contributed by atoms with Crippen molar-refractivity contribution in [2.75, 3.05) is 20.6 Å². The molecule has 1 rings (SSSR count). The van der Waals surface area contributed by atoms with Crippen LogP contribution >= 0.6 is 0 Å². The molecule has 1 aliphatic rings. The molecule has 0 aliphatic carbocycles. The highest BCUT2D eigenvalue weighted by Gasteiger charge is 2.21. The van der Waals surface area contributed by atoms with E-state index in [-0.39, 0.29) is 0 Å². The monoisotopic (exact) mass is 156 g/mol. The Balaban J connectivity index is 2.24. The van der Waals surface area contributed by atoms with E-state index in [1.807, 2.05) is 7.05 Å². The summed E-state index contributed by atoms with van der Waals surface area (Å²) in [6.07, 6.45) is 4.08. The van der Waals surface area contributed by atoms with E-state index in [4.69, 9.17) is 0 Å². The largest absolute Gasteiger partial charge is 0.317 e. The molecule has 0 spiro atoms. The van der Waals surface area contributed by atoms with E-state index in [0.29, 0.717) is 6.04 Å². The second-order valence-corrected chi connectivity index (χ2v) is 3.70. The van der Waals surface area contributed by atoms with Gasteiger partial charge in [0.1, 0.15) is 0 Å². The van der Waals surface area contributed by atoms with E-state index in [2.05, 4.69) is 24.2 Å². The van der Waals surface area contributed by atoms with Crippen LogP contribution < -0.4 is 5.32 Å². The molecular formula is C9H20N2. The van der Waals surface area contributed by atoms with Crippen molar-refractivity contribution >= 4 is 0 Å². The third kappa shape index (κ3) is 2.46. The summed E-state index contributed by atoms with van der Waals surface area (Å²) in [6.45, 7) is 3.55. The topological polar surface area (TPSA) is 15.3 Å². The Hall–Kier alpha value is -0.0800. The van der Waals surface area contributed by atoms with Gasteiger partial charge in [-0.05, 0) is 46.8 Å². The zero-order valence-electron chi connectivity index (χ0n) is 7.93. The maximum atomic E-state index is 3.29. The lowest BCUT2D eigenvalue weighted by Crippen LogP contribution is -2.33. The maximum absolute atomic E-state index is 3.29. The summed E-state index contributed by atoms with van der Waals surface area (Å²) in [5.41, 5.74) is 0. The standard InChI is InChI=1S/C9H20N2/c1-8(10-2)7-9-5-4-6-11(9)3/h8-10H,4-7H2,1-3H3.